The number of unbranched alkanes of at least 4 members (excludes halogenated alkanes) is 2. The molecule has 0 saturated carbocycles. The van der Waals surface area contributed by atoms with Crippen LogP contribution in [0.3, 0.4) is 0 Å². The van der Waals surface area contributed by atoms with Gasteiger partial charge in [0, 0.05) is 46.2 Å². The molecule has 7 aromatic rings. The molecule has 1 aromatic heterocycles. The second-order valence-electron chi connectivity index (χ2n) is 15.4. The van der Waals surface area contributed by atoms with Crippen molar-refractivity contribution in [1.82, 2.24) is 10.3 Å². The van der Waals surface area contributed by atoms with Crippen molar-refractivity contribution in [2.24, 2.45) is 0 Å². The number of nitrogens with zero attached hydrogens (tertiary/aromatic N) is 2. The summed E-state index contributed by atoms with van der Waals surface area (Å²) < 4.78 is 15.4. The Bertz CT molecular complexity index is 2630. The average Bonchev–Trinajstić information content (AvgIpc) is 3.71. The minimum Gasteiger partial charge on any atom is -0.366 e. The molecule has 1 N–H and O–H groups in total. The molecule has 0 spiro atoms. The van der Waals surface area contributed by atoms with Crippen molar-refractivity contribution in [2.75, 3.05) is 4.90 Å². The lowest BCUT2D eigenvalue weighted by atomic mass is 9.87. The van der Waals surface area contributed by atoms with E-state index in [0.29, 0.717) is 5.56 Å². The van der Waals surface area contributed by atoms with Crippen LogP contribution in [0.5, 0.6) is 0 Å². The van der Waals surface area contributed by atoms with E-state index in [9.17, 15) is 0 Å². The quantitative estimate of drug-likeness (QED) is 0.151. The van der Waals surface area contributed by atoms with Crippen molar-refractivity contribution in [3.8, 4) is 44.6 Å². The zero-order valence-corrected chi connectivity index (χ0v) is 32.1. The highest BCUT2D eigenvalue weighted by Gasteiger charge is 2.31. The van der Waals surface area contributed by atoms with E-state index in [-0.39, 0.29) is 12.0 Å². The smallest absolute Gasteiger partial charge is 0.131 e. The largest absolute Gasteiger partial charge is 0.366 e. The molecule has 0 radical (unpaired) electrons. The molecule has 6 aromatic carbocycles. The number of halogens is 1. The van der Waals surface area contributed by atoms with Crippen molar-refractivity contribution in [3.63, 3.8) is 0 Å². The summed E-state index contributed by atoms with van der Waals surface area (Å²) in [7, 11) is 0. The molecule has 4 heteroatoms. The molecule has 0 amide bonds. The first-order valence-corrected chi connectivity index (χ1v) is 19.6. The molecule has 9 rings (SSSR count). The van der Waals surface area contributed by atoms with Crippen LogP contribution >= 0.6 is 0 Å². The van der Waals surface area contributed by atoms with E-state index < -0.39 is 0 Å². The van der Waals surface area contributed by atoms with Gasteiger partial charge in [0.05, 0.1) is 11.4 Å². The van der Waals surface area contributed by atoms with E-state index in [1.54, 1.807) is 6.07 Å². The Hall–Kier alpha value is -6.00. The fourth-order valence-corrected chi connectivity index (χ4v) is 8.89. The Labute approximate surface area is 324 Å². The highest BCUT2D eigenvalue weighted by atomic mass is 19.1. The Morgan fingerprint density at radius 2 is 1.29 bits per heavy atom. The van der Waals surface area contributed by atoms with Crippen LogP contribution in [0.4, 0.5) is 10.1 Å². The van der Waals surface area contributed by atoms with Crippen LogP contribution < -0.4 is 10.2 Å². The van der Waals surface area contributed by atoms with E-state index in [2.05, 4.69) is 128 Å². The Morgan fingerprint density at radius 1 is 0.600 bits per heavy atom. The summed E-state index contributed by atoms with van der Waals surface area (Å²) in [6.07, 6.45) is 11.7. The number of rotatable bonds is 9. The van der Waals surface area contributed by atoms with Gasteiger partial charge < -0.3 is 10.2 Å². The van der Waals surface area contributed by atoms with Gasteiger partial charge >= 0.3 is 0 Å². The van der Waals surface area contributed by atoms with Crippen LogP contribution in [0.15, 0.2) is 134 Å². The summed E-state index contributed by atoms with van der Waals surface area (Å²) in [5.74, 6) is -0.207. The van der Waals surface area contributed by atoms with E-state index in [0.717, 1.165) is 58.8 Å². The second kappa shape index (κ2) is 14.3. The van der Waals surface area contributed by atoms with Gasteiger partial charge in [-0.25, -0.2) is 4.39 Å². The summed E-state index contributed by atoms with van der Waals surface area (Å²) in [5.41, 5.74) is 18.9. The van der Waals surface area contributed by atoms with E-state index in [1.165, 1.54) is 67.7 Å². The standard InChI is InChI=1S/C51H46FN3/c1-32-28-44(39-19-21-49-47(30-39)42-16-10-11-17-43(42)51-54-24-25-55(49)51)34(3)26-37(32)13-6-5-7-14-38-27-35(4)45(29-33(38)2)46-31-40(18-20-48(46)52)50-41-15-9-8-12-36(41)22-23-53-50/h8-12,15-31,51,54H,5-7,13-14H2,1-4H3. The Morgan fingerprint density at radius 3 is 2.11 bits per heavy atom. The molecule has 2 aliphatic rings. The summed E-state index contributed by atoms with van der Waals surface area (Å²) in [6.45, 7) is 8.79. The molecule has 0 fully saturated rings. The van der Waals surface area contributed by atoms with Gasteiger partial charge in [-0.15, -0.1) is 0 Å². The Balaban J connectivity index is 0.862. The summed E-state index contributed by atoms with van der Waals surface area (Å²) in [6, 6.07) is 40.6. The van der Waals surface area contributed by atoms with Crippen molar-refractivity contribution in [2.45, 2.75) is 66.0 Å². The topological polar surface area (TPSA) is 28.2 Å². The minimum atomic E-state index is -0.207. The van der Waals surface area contributed by atoms with Crippen LogP contribution in [0.25, 0.3) is 55.4 Å². The molecule has 1 unspecified atom stereocenters. The fraction of sp³-hybridized carbons (Fsp3) is 0.196. The van der Waals surface area contributed by atoms with Crippen molar-refractivity contribution >= 4 is 16.5 Å². The van der Waals surface area contributed by atoms with Gasteiger partial charge in [-0.05, 0) is 151 Å². The second-order valence-corrected chi connectivity index (χ2v) is 15.4. The van der Waals surface area contributed by atoms with Gasteiger partial charge in [-0.1, -0.05) is 85.3 Å². The number of benzene rings is 6. The fourth-order valence-electron chi connectivity index (χ4n) is 8.89. The number of aryl methyl sites for hydroxylation is 6. The molecule has 0 aliphatic carbocycles. The maximum Gasteiger partial charge on any atom is 0.131 e. The molecule has 3 nitrogen and oxygen atoms in total. The first-order chi connectivity index (χ1) is 26.8. The third-order valence-electron chi connectivity index (χ3n) is 11.9. The molecule has 2 aliphatic heterocycles. The monoisotopic (exact) mass is 719 g/mol. The van der Waals surface area contributed by atoms with Gasteiger partial charge in [0.1, 0.15) is 12.0 Å². The first kappa shape index (κ1) is 34.7. The molecular formula is C51H46FN3. The molecule has 0 saturated heterocycles. The van der Waals surface area contributed by atoms with E-state index in [4.69, 9.17) is 0 Å². The average molecular weight is 720 g/mol. The van der Waals surface area contributed by atoms with Crippen molar-refractivity contribution < 1.29 is 4.39 Å². The molecule has 272 valence electrons. The van der Waals surface area contributed by atoms with Gasteiger partial charge in [-0.2, -0.15) is 0 Å². The normalized spacial score (nSPS) is 14.1. The number of fused-ring (bicyclic) bond motifs is 7. The van der Waals surface area contributed by atoms with Gasteiger partial charge in [0.25, 0.3) is 0 Å². The number of hydrogen-bond acceptors (Lipinski definition) is 3. The third-order valence-corrected chi connectivity index (χ3v) is 11.9. The van der Waals surface area contributed by atoms with E-state index in [1.807, 2.05) is 42.7 Å². The lowest BCUT2D eigenvalue weighted by Crippen LogP contribution is -2.30. The molecule has 55 heavy (non-hydrogen) atoms. The van der Waals surface area contributed by atoms with Gasteiger partial charge in [0.15, 0.2) is 0 Å². The van der Waals surface area contributed by atoms with Crippen LogP contribution in [0, 0.1) is 33.5 Å². The number of nitrogens with one attached hydrogen (secondary N) is 1. The van der Waals surface area contributed by atoms with Crippen LogP contribution in [-0.2, 0) is 12.8 Å². The maximum atomic E-state index is 15.4. The SMILES string of the molecule is Cc1cc(-c2ccc3c(c2)-c2ccccc2C2NC=CN32)c(C)cc1CCCCCc1cc(C)c(-c2cc(-c3nccc4ccccc34)ccc2F)cc1C. The van der Waals surface area contributed by atoms with Crippen molar-refractivity contribution in [3.05, 3.63) is 179 Å². The van der Waals surface area contributed by atoms with Gasteiger partial charge in [-0.3, -0.25) is 4.98 Å². The third kappa shape index (κ3) is 6.40. The summed E-state index contributed by atoms with van der Waals surface area (Å²) in [4.78, 5) is 7.03. The molecular weight excluding hydrogens is 674 g/mol. The zero-order valence-electron chi connectivity index (χ0n) is 32.1. The predicted octanol–water partition coefficient (Wildman–Crippen LogP) is 13.1. The number of aromatic nitrogens is 1. The lowest BCUT2D eigenvalue weighted by molar-refractivity contribution is 0.631. The van der Waals surface area contributed by atoms with Crippen LogP contribution in [0.2, 0.25) is 0 Å². The maximum absolute atomic E-state index is 15.4. The van der Waals surface area contributed by atoms with E-state index >= 15 is 4.39 Å². The highest BCUT2D eigenvalue weighted by Crippen LogP contribution is 2.47. The lowest BCUT2D eigenvalue weighted by Gasteiger charge is -2.34. The van der Waals surface area contributed by atoms with Crippen molar-refractivity contribution in [1.29, 1.82) is 0 Å². The van der Waals surface area contributed by atoms with Crippen LogP contribution in [-0.4, -0.2) is 4.98 Å². The summed E-state index contributed by atoms with van der Waals surface area (Å²) in [5, 5.41) is 5.71. The minimum absolute atomic E-state index is 0.159. The zero-order chi connectivity index (χ0) is 37.6. The first-order valence-electron chi connectivity index (χ1n) is 19.6. The highest BCUT2D eigenvalue weighted by molar-refractivity contribution is 5.95. The molecule has 0 bridgehead atoms. The number of hydrogen-bond donors (Lipinski definition) is 1. The molecule has 1 atom stereocenters. The number of anilines is 1. The van der Waals surface area contributed by atoms with Gasteiger partial charge in [0.2, 0.25) is 0 Å². The predicted molar refractivity (Wildman–Crippen MR) is 228 cm³/mol. The number of pyridine rings is 1. The van der Waals surface area contributed by atoms with Crippen LogP contribution in [0.1, 0.15) is 64.4 Å². The molecule has 3 heterocycles. The Kier molecular flexibility index (Phi) is 9.06. The summed E-state index contributed by atoms with van der Waals surface area (Å²) >= 11 is 0.